The molecule has 0 unspecified atom stereocenters. The van der Waals surface area contributed by atoms with Gasteiger partial charge in [0.05, 0.1) is 31.3 Å². The minimum atomic E-state index is 0.634. The van der Waals surface area contributed by atoms with Gasteiger partial charge in [-0.15, -0.1) is 5.10 Å². The molecule has 0 saturated carbocycles. The topological polar surface area (TPSA) is 51.0 Å². The number of ether oxygens (including phenoxy) is 1. The predicted molar refractivity (Wildman–Crippen MR) is 142 cm³/mol. The van der Waals surface area contributed by atoms with Crippen LogP contribution in [0.3, 0.4) is 0 Å². The summed E-state index contributed by atoms with van der Waals surface area (Å²) >= 11 is 6.02. The summed E-state index contributed by atoms with van der Waals surface area (Å²) in [6, 6.07) is 27.3. The fourth-order valence-corrected chi connectivity index (χ4v) is 5.07. The molecule has 3 heterocycles. The average molecular weight is 482 g/mol. The second kappa shape index (κ2) is 9.26. The smallest absolute Gasteiger partial charge is 0.204 e. The predicted octanol–water partition coefficient (Wildman–Crippen LogP) is 5.82. The molecular weight excluding hydrogens is 454 g/mol. The van der Waals surface area contributed by atoms with E-state index >= 15 is 0 Å². The van der Waals surface area contributed by atoms with Crippen LogP contribution in [0.2, 0.25) is 0 Å². The molecule has 0 spiro atoms. The maximum Gasteiger partial charge on any atom is 0.204 e. The summed E-state index contributed by atoms with van der Waals surface area (Å²) in [6.07, 6.45) is 0. The number of benzene rings is 3. The van der Waals surface area contributed by atoms with E-state index in [9.17, 15) is 0 Å². The number of hydrogen-bond donors (Lipinski definition) is 1. The van der Waals surface area contributed by atoms with E-state index in [0.29, 0.717) is 11.4 Å². The summed E-state index contributed by atoms with van der Waals surface area (Å²) in [7, 11) is 0. The van der Waals surface area contributed by atoms with Crippen molar-refractivity contribution >= 4 is 23.1 Å². The zero-order valence-electron chi connectivity index (χ0n) is 19.6. The van der Waals surface area contributed by atoms with E-state index in [2.05, 4.69) is 76.0 Å². The number of aromatic nitrogens is 4. The molecular formula is C28H27N5OS. The number of morpholine rings is 1. The lowest BCUT2D eigenvalue weighted by Crippen LogP contribution is -2.37. The normalized spacial score (nSPS) is 14.5. The molecule has 0 amide bonds. The van der Waals surface area contributed by atoms with Crippen LogP contribution < -0.4 is 0 Å². The zero-order chi connectivity index (χ0) is 23.8. The lowest BCUT2D eigenvalue weighted by molar-refractivity contribution is 0.0210. The highest BCUT2D eigenvalue weighted by Crippen LogP contribution is 2.39. The largest absolute Gasteiger partial charge is 0.379 e. The highest BCUT2D eigenvalue weighted by molar-refractivity contribution is 7.71. The molecule has 5 aromatic rings. The van der Waals surface area contributed by atoms with E-state index < -0.39 is 0 Å². The van der Waals surface area contributed by atoms with Crippen LogP contribution in [0.5, 0.6) is 0 Å². The van der Waals surface area contributed by atoms with E-state index in [0.717, 1.165) is 60.2 Å². The van der Waals surface area contributed by atoms with Crippen LogP contribution in [0.4, 0.5) is 0 Å². The second-order valence-corrected chi connectivity index (χ2v) is 9.30. The molecule has 35 heavy (non-hydrogen) atoms. The van der Waals surface area contributed by atoms with Crippen molar-refractivity contribution in [1.29, 1.82) is 0 Å². The second-order valence-electron chi connectivity index (χ2n) is 8.94. The minimum absolute atomic E-state index is 0.634. The summed E-state index contributed by atoms with van der Waals surface area (Å²) in [6.45, 7) is 5.98. The molecule has 6 nitrogen and oxygen atoms in total. The van der Waals surface area contributed by atoms with Gasteiger partial charge in [0.15, 0.2) is 5.82 Å². The maximum absolute atomic E-state index is 6.02. The third-order valence-electron chi connectivity index (χ3n) is 6.53. The van der Waals surface area contributed by atoms with Gasteiger partial charge in [0.1, 0.15) is 0 Å². The molecule has 1 saturated heterocycles. The van der Waals surface area contributed by atoms with Crippen molar-refractivity contribution in [2.45, 2.75) is 13.6 Å². The molecule has 1 fully saturated rings. The number of nitrogens with zero attached hydrogens (tertiary/aromatic N) is 4. The molecule has 1 aliphatic rings. The average Bonchev–Trinajstić information content (AvgIpc) is 3.43. The lowest BCUT2D eigenvalue weighted by Gasteiger charge is -2.26. The molecule has 6 rings (SSSR count). The third kappa shape index (κ3) is 4.12. The Morgan fingerprint density at radius 1 is 0.943 bits per heavy atom. The molecule has 1 N–H and O–H groups in total. The number of fused-ring (bicyclic) bond motifs is 1. The number of aryl methyl sites for hydroxylation is 1. The quantitative estimate of drug-likeness (QED) is 0.322. The maximum atomic E-state index is 6.02. The Morgan fingerprint density at radius 2 is 1.66 bits per heavy atom. The molecule has 3 aromatic carbocycles. The summed E-state index contributed by atoms with van der Waals surface area (Å²) in [5.41, 5.74) is 6.55. The Bertz CT molecular complexity index is 1530. The molecule has 176 valence electrons. The molecule has 2 aromatic heterocycles. The number of nitrogens with one attached hydrogen (secondary N) is 1. The van der Waals surface area contributed by atoms with Crippen LogP contribution in [0.1, 0.15) is 5.56 Å². The number of aromatic amines is 1. The van der Waals surface area contributed by atoms with Gasteiger partial charge >= 0.3 is 0 Å². The SMILES string of the molecule is Cc1ccc2[nH]c(-c3nn(CN4CCOCC4)c(=S)n3-c3ccccc3)c(-c3ccccc3)c2c1. The fourth-order valence-electron chi connectivity index (χ4n) is 4.78. The van der Waals surface area contributed by atoms with Gasteiger partial charge in [-0.05, 0) is 49.0 Å². The highest BCUT2D eigenvalue weighted by Gasteiger charge is 2.23. The first kappa shape index (κ1) is 22.0. The Kier molecular flexibility index (Phi) is 5.82. The standard InChI is InChI=1S/C28H27N5OS/c1-20-12-13-24-23(18-20)25(21-8-4-2-5-9-21)26(29-24)27-30-32(19-31-14-16-34-17-15-31)28(35)33(27)22-10-6-3-7-11-22/h2-13,18,29H,14-17,19H2,1H3. The Hall–Kier alpha value is -3.52. The van der Waals surface area contributed by atoms with Crippen LogP contribution >= 0.6 is 12.2 Å². The van der Waals surface area contributed by atoms with Crippen LogP contribution in [-0.4, -0.2) is 50.5 Å². The van der Waals surface area contributed by atoms with Crippen molar-refractivity contribution in [1.82, 2.24) is 24.2 Å². The summed E-state index contributed by atoms with van der Waals surface area (Å²) in [5.74, 6) is 0.808. The Balaban J connectivity index is 1.60. The van der Waals surface area contributed by atoms with E-state index in [1.54, 1.807) is 0 Å². The zero-order valence-corrected chi connectivity index (χ0v) is 20.5. The minimum Gasteiger partial charge on any atom is -0.379 e. The number of para-hydroxylation sites is 1. The number of hydrogen-bond acceptors (Lipinski definition) is 4. The van der Waals surface area contributed by atoms with Crippen molar-refractivity contribution < 1.29 is 4.74 Å². The van der Waals surface area contributed by atoms with E-state index in [1.807, 2.05) is 28.9 Å². The first-order valence-corrected chi connectivity index (χ1v) is 12.3. The number of rotatable bonds is 5. The summed E-state index contributed by atoms with van der Waals surface area (Å²) in [4.78, 5) is 6.02. The monoisotopic (exact) mass is 481 g/mol. The first-order chi connectivity index (χ1) is 17.2. The van der Waals surface area contributed by atoms with Gasteiger partial charge in [-0.1, -0.05) is 60.2 Å². The van der Waals surface area contributed by atoms with Crippen molar-refractivity contribution in [3.05, 3.63) is 89.2 Å². The van der Waals surface area contributed by atoms with Gasteiger partial charge in [0.2, 0.25) is 4.77 Å². The van der Waals surface area contributed by atoms with Crippen LogP contribution in [0.15, 0.2) is 78.9 Å². The van der Waals surface area contributed by atoms with Gasteiger partial charge in [-0.3, -0.25) is 9.47 Å². The molecule has 0 bridgehead atoms. The van der Waals surface area contributed by atoms with Crippen molar-refractivity contribution in [3.63, 3.8) is 0 Å². The lowest BCUT2D eigenvalue weighted by atomic mass is 10.0. The van der Waals surface area contributed by atoms with Gasteiger partial charge in [0, 0.05) is 29.6 Å². The fraction of sp³-hybridized carbons (Fsp3) is 0.214. The Labute approximate surface area is 209 Å². The van der Waals surface area contributed by atoms with Crippen LogP contribution in [0, 0.1) is 11.7 Å². The van der Waals surface area contributed by atoms with Gasteiger partial charge < -0.3 is 9.72 Å². The highest BCUT2D eigenvalue weighted by atomic mass is 32.1. The van der Waals surface area contributed by atoms with Gasteiger partial charge in [-0.25, -0.2) is 4.68 Å². The third-order valence-corrected chi connectivity index (χ3v) is 6.92. The van der Waals surface area contributed by atoms with Gasteiger partial charge in [0.25, 0.3) is 0 Å². The van der Waals surface area contributed by atoms with Crippen molar-refractivity contribution in [2.75, 3.05) is 26.3 Å². The molecule has 0 aliphatic carbocycles. The first-order valence-electron chi connectivity index (χ1n) is 11.9. The summed E-state index contributed by atoms with van der Waals surface area (Å²) in [5, 5.41) is 6.30. The van der Waals surface area contributed by atoms with E-state index in [1.165, 1.54) is 10.9 Å². The van der Waals surface area contributed by atoms with Crippen molar-refractivity contribution in [3.8, 4) is 28.3 Å². The van der Waals surface area contributed by atoms with E-state index in [4.69, 9.17) is 22.1 Å². The molecule has 0 atom stereocenters. The van der Waals surface area contributed by atoms with Crippen LogP contribution in [-0.2, 0) is 11.4 Å². The van der Waals surface area contributed by atoms with E-state index in [-0.39, 0.29) is 0 Å². The molecule has 1 aliphatic heterocycles. The molecule has 0 radical (unpaired) electrons. The summed E-state index contributed by atoms with van der Waals surface area (Å²) < 4.78 is 10.2. The molecule has 7 heteroatoms. The van der Waals surface area contributed by atoms with Crippen LogP contribution in [0.25, 0.3) is 39.2 Å². The van der Waals surface area contributed by atoms with Gasteiger partial charge in [-0.2, -0.15) is 0 Å². The Morgan fingerprint density at radius 3 is 2.40 bits per heavy atom. The van der Waals surface area contributed by atoms with Crippen molar-refractivity contribution in [2.24, 2.45) is 0 Å². The number of H-pyrrole nitrogens is 1.